The predicted octanol–water partition coefficient (Wildman–Crippen LogP) is 0.634. The van der Waals surface area contributed by atoms with E-state index in [0.717, 1.165) is 12.8 Å². The van der Waals surface area contributed by atoms with E-state index in [1.54, 1.807) is 0 Å². The second-order valence-corrected chi connectivity index (χ2v) is 3.89. The number of fused-ring (bicyclic) bond motifs is 2. The summed E-state index contributed by atoms with van der Waals surface area (Å²) in [5.74, 6) is 0.779. The third-order valence-corrected chi connectivity index (χ3v) is 3.16. The normalized spacial score (nSPS) is 35.4. The van der Waals surface area contributed by atoms with Crippen LogP contribution in [0.4, 0.5) is 0 Å². The fourth-order valence-corrected chi connectivity index (χ4v) is 2.54. The molecule has 0 spiro atoms. The Hall–Kier alpha value is -0.570. The third kappa shape index (κ3) is 0.736. The average molecular weight is 156 g/mol. The van der Waals surface area contributed by atoms with Crippen LogP contribution in [0.25, 0.3) is 0 Å². The van der Waals surface area contributed by atoms with E-state index >= 15 is 0 Å². The van der Waals surface area contributed by atoms with Gasteiger partial charge in [-0.1, -0.05) is 12.2 Å². The van der Waals surface area contributed by atoms with Crippen LogP contribution >= 0.6 is 0 Å². The highest BCUT2D eigenvalue weighted by molar-refractivity contribution is 7.73. The fourth-order valence-electron chi connectivity index (χ4n) is 1.77. The van der Waals surface area contributed by atoms with Crippen LogP contribution in [0.3, 0.4) is 0 Å². The van der Waals surface area contributed by atoms with Gasteiger partial charge in [0.25, 0.3) is 0 Å². The SMILES string of the molecule is O=S(=O)=C1CC2C=CC1C2. The van der Waals surface area contributed by atoms with Gasteiger partial charge in [0.05, 0.1) is 4.86 Å². The van der Waals surface area contributed by atoms with Crippen LogP contribution in [0, 0.1) is 11.8 Å². The zero-order valence-electron chi connectivity index (χ0n) is 5.45. The largest absolute Gasteiger partial charge is 0.213 e. The van der Waals surface area contributed by atoms with Gasteiger partial charge in [-0.15, -0.1) is 0 Å². The van der Waals surface area contributed by atoms with Gasteiger partial charge in [0.2, 0.25) is 10.3 Å². The minimum absolute atomic E-state index is 0.253. The standard InChI is InChI=1S/C7H8O2S/c8-10(9)7-4-5-1-2-6(7)3-5/h1-2,5-6H,3-4H2. The van der Waals surface area contributed by atoms with E-state index in [2.05, 4.69) is 6.08 Å². The van der Waals surface area contributed by atoms with Gasteiger partial charge < -0.3 is 0 Å². The highest BCUT2D eigenvalue weighted by atomic mass is 32.2. The Bertz CT molecular complexity index is 302. The molecular formula is C7H8O2S. The first-order chi connectivity index (χ1) is 4.77. The average Bonchev–Trinajstić information content (AvgIpc) is 2.44. The summed E-state index contributed by atoms with van der Waals surface area (Å²) >= 11 is 0. The lowest BCUT2D eigenvalue weighted by atomic mass is 10.1. The number of allylic oxidation sites excluding steroid dienone is 2. The lowest BCUT2D eigenvalue weighted by molar-refractivity contribution is 0.626. The molecule has 0 aromatic carbocycles. The quantitative estimate of drug-likeness (QED) is 0.381. The molecule has 1 fully saturated rings. The zero-order valence-corrected chi connectivity index (χ0v) is 6.26. The Balaban J connectivity index is 2.51. The zero-order chi connectivity index (χ0) is 7.14. The molecule has 0 amide bonds. The predicted molar refractivity (Wildman–Crippen MR) is 39.3 cm³/mol. The summed E-state index contributed by atoms with van der Waals surface area (Å²) in [6.45, 7) is 0. The monoisotopic (exact) mass is 156 g/mol. The molecule has 0 radical (unpaired) electrons. The molecule has 2 atom stereocenters. The van der Waals surface area contributed by atoms with Crippen molar-refractivity contribution >= 4 is 15.2 Å². The van der Waals surface area contributed by atoms with Crippen molar-refractivity contribution < 1.29 is 8.42 Å². The Morgan fingerprint density at radius 1 is 1.40 bits per heavy atom. The van der Waals surface area contributed by atoms with Crippen LogP contribution in [0.1, 0.15) is 12.8 Å². The molecule has 54 valence electrons. The summed E-state index contributed by atoms with van der Waals surface area (Å²) in [6, 6.07) is 0. The summed E-state index contributed by atoms with van der Waals surface area (Å²) in [4.78, 5) is 0.715. The Morgan fingerprint density at radius 2 is 2.20 bits per heavy atom. The second kappa shape index (κ2) is 1.95. The van der Waals surface area contributed by atoms with Gasteiger partial charge in [0.15, 0.2) is 0 Å². The van der Waals surface area contributed by atoms with Gasteiger partial charge in [0, 0.05) is 5.92 Å². The molecule has 1 saturated carbocycles. The highest BCUT2D eigenvalue weighted by Gasteiger charge is 2.32. The molecule has 0 N–H and O–H groups in total. The van der Waals surface area contributed by atoms with Crippen LogP contribution < -0.4 is 0 Å². The van der Waals surface area contributed by atoms with Crippen molar-refractivity contribution in [3.05, 3.63) is 12.2 Å². The Labute approximate surface area is 61.1 Å². The summed E-state index contributed by atoms with van der Waals surface area (Å²) in [6.07, 6.45) is 5.95. The molecule has 2 nitrogen and oxygen atoms in total. The van der Waals surface area contributed by atoms with Gasteiger partial charge in [-0.05, 0) is 18.8 Å². The van der Waals surface area contributed by atoms with E-state index in [9.17, 15) is 8.42 Å². The van der Waals surface area contributed by atoms with Gasteiger partial charge in [-0.2, -0.15) is 8.42 Å². The van der Waals surface area contributed by atoms with Gasteiger partial charge >= 0.3 is 0 Å². The first-order valence-electron chi connectivity index (χ1n) is 3.40. The lowest BCUT2D eigenvalue weighted by Gasteiger charge is -1.99. The van der Waals surface area contributed by atoms with Crippen molar-refractivity contribution in [3.8, 4) is 0 Å². The minimum atomic E-state index is -1.93. The maximum atomic E-state index is 10.5. The van der Waals surface area contributed by atoms with Crippen LogP contribution in [0.15, 0.2) is 12.2 Å². The minimum Gasteiger partial charge on any atom is -0.185 e. The summed E-state index contributed by atoms with van der Waals surface area (Å²) in [5, 5.41) is 0. The van der Waals surface area contributed by atoms with E-state index in [4.69, 9.17) is 0 Å². The lowest BCUT2D eigenvalue weighted by Crippen LogP contribution is -2.05. The fraction of sp³-hybridized carbons (Fsp3) is 0.571. The van der Waals surface area contributed by atoms with E-state index in [1.807, 2.05) is 6.08 Å². The topological polar surface area (TPSA) is 34.1 Å². The molecule has 0 heterocycles. The molecule has 3 heteroatoms. The molecule has 2 aliphatic carbocycles. The summed E-state index contributed by atoms with van der Waals surface area (Å²) in [7, 11) is -1.93. The molecule has 2 bridgehead atoms. The van der Waals surface area contributed by atoms with E-state index < -0.39 is 10.3 Å². The Kier molecular flexibility index (Phi) is 1.20. The third-order valence-electron chi connectivity index (χ3n) is 2.26. The molecule has 2 rings (SSSR count). The van der Waals surface area contributed by atoms with Crippen LogP contribution in [0.5, 0.6) is 0 Å². The van der Waals surface area contributed by atoms with Crippen LogP contribution in [-0.2, 0) is 10.3 Å². The molecular weight excluding hydrogens is 148 g/mol. The Morgan fingerprint density at radius 3 is 2.50 bits per heavy atom. The number of hydrogen-bond donors (Lipinski definition) is 0. The van der Waals surface area contributed by atoms with Crippen molar-refractivity contribution in [2.24, 2.45) is 11.8 Å². The highest BCUT2D eigenvalue weighted by Crippen LogP contribution is 2.36. The van der Waals surface area contributed by atoms with Gasteiger partial charge in [-0.25, -0.2) is 0 Å². The molecule has 0 aliphatic heterocycles. The molecule has 0 aromatic heterocycles. The van der Waals surface area contributed by atoms with Crippen molar-refractivity contribution in [2.45, 2.75) is 12.8 Å². The number of rotatable bonds is 0. The van der Waals surface area contributed by atoms with E-state index in [-0.39, 0.29) is 5.92 Å². The van der Waals surface area contributed by atoms with Crippen molar-refractivity contribution in [1.29, 1.82) is 0 Å². The summed E-state index contributed by atoms with van der Waals surface area (Å²) < 4.78 is 21.0. The molecule has 2 aliphatic rings. The number of hydrogen-bond acceptors (Lipinski definition) is 2. The van der Waals surface area contributed by atoms with Crippen molar-refractivity contribution in [3.63, 3.8) is 0 Å². The molecule has 0 aromatic rings. The van der Waals surface area contributed by atoms with E-state index in [1.165, 1.54) is 0 Å². The van der Waals surface area contributed by atoms with E-state index in [0.29, 0.717) is 10.8 Å². The molecule has 2 unspecified atom stereocenters. The first-order valence-corrected chi connectivity index (χ1v) is 4.48. The van der Waals surface area contributed by atoms with Crippen molar-refractivity contribution in [2.75, 3.05) is 0 Å². The van der Waals surface area contributed by atoms with Gasteiger partial charge in [0.1, 0.15) is 0 Å². The molecule has 0 saturated heterocycles. The first kappa shape index (κ1) is 6.16. The molecule has 10 heavy (non-hydrogen) atoms. The van der Waals surface area contributed by atoms with Crippen LogP contribution in [-0.4, -0.2) is 13.3 Å². The van der Waals surface area contributed by atoms with Crippen molar-refractivity contribution in [1.82, 2.24) is 0 Å². The maximum Gasteiger partial charge on any atom is 0.213 e. The smallest absolute Gasteiger partial charge is 0.185 e. The van der Waals surface area contributed by atoms with Crippen LogP contribution in [0.2, 0.25) is 0 Å². The summed E-state index contributed by atoms with van der Waals surface area (Å²) in [5.41, 5.74) is 0. The maximum absolute atomic E-state index is 10.5. The second-order valence-electron chi connectivity index (χ2n) is 2.89. The van der Waals surface area contributed by atoms with Gasteiger partial charge in [-0.3, -0.25) is 0 Å².